The van der Waals surface area contributed by atoms with E-state index in [0.29, 0.717) is 17.0 Å². The van der Waals surface area contributed by atoms with Crippen molar-refractivity contribution < 1.29 is 9.32 Å². The molecule has 3 aromatic heterocycles. The van der Waals surface area contributed by atoms with Gasteiger partial charge in [0, 0.05) is 25.2 Å². The van der Waals surface area contributed by atoms with Crippen molar-refractivity contribution in [1.29, 1.82) is 0 Å². The van der Waals surface area contributed by atoms with Crippen molar-refractivity contribution in [2.24, 2.45) is 0 Å². The van der Waals surface area contributed by atoms with Gasteiger partial charge in [-0.15, -0.1) is 11.3 Å². The quantitative estimate of drug-likeness (QED) is 0.635. The second-order valence-corrected chi connectivity index (χ2v) is 9.07. The van der Waals surface area contributed by atoms with Crippen molar-refractivity contribution in [3.05, 3.63) is 34.8 Å². The summed E-state index contributed by atoms with van der Waals surface area (Å²) in [6.07, 6.45) is 7.02. The van der Waals surface area contributed by atoms with Crippen LogP contribution in [0.5, 0.6) is 0 Å². The first-order valence-corrected chi connectivity index (χ1v) is 11.1. The molecule has 5 heterocycles. The number of nitrogens with zero attached hydrogens (tertiary/aromatic N) is 5. The molecule has 2 fully saturated rings. The van der Waals surface area contributed by atoms with Gasteiger partial charge in [0.05, 0.1) is 15.9 Å². The molecule has 1 spiro atoms. The fraction of sp³-hybridized carbons (Fsp3) is 0.524. The Bertz CT molecular complexity index is 1040. The number of carbonyl (C=O) groups is 1. The van der Waals surface area contributed by atoms with Crippen LogP contribution in [0.1, 0.15) is 53.9 Å². The van der Waals surface area contributed by atoms with E-state index in [-0.39, 0.29) is 11.4 Å². The number of rotatable bonds is 2. The van der Waals surface area contributed by atoms with Gasteiger partial charge in [0.25, 0.3) is 5.91 Å². The summed E-state index contributed by atoms with van der Waals surface area (Å²) in [5.74, 6) is 1.72. The number of carbonyl (C=O) groups excluding carboxylic acids is 1. The zero-order valence-corrected chi connectivity index (χ0v) is 17.7. The zero-order chi connectivity index (χ0) is 20.0. The fourth-order valence-corrected chi connectivity index (χ4v) is 5.93. The fourth-order valence-electron chi connectivity index (χ4n) is 5.09. The van der Waals surface area contributed by atoms with Gasteiger partial charge in [-0.25, -0.2) is 9.97 Å². The number of thiophene rings is 1. The highest BCUT2D eigenvalue weighted by Crippen LogP contribution is 2.43. The van der Waals surface area contributed by atoms with E-state index >= 15 is 0 Å². The molecule has 2 aliphatic heterocycles. The minimum Gasteiger partial charge on any atom is -0.361 e. The number of hydrogen-bond donors (Lipinski definition) is 0. The molecule has 1 atom stereocenters. The van der Waals surface area contributed by atoms with Crippen LogP contribution in [0.15, 0.2) is 22.3 Å². The molecule has 152 valence electrons. The summed E-state index contributed by atoms with van der Waals surface area (Å²) < 4.78 is 6.39. The second kappa shape index (κ2) is 7.09. The minimum atomic E-state index is 0.0468. The normalized spacial score (nSPS) is 22.6. The number of likely N-dealkylation sites (tertiary alicyclic amines) is 1. The van der Waals surface area contributed by atoms with Crippen LogP contribution in [0.4, 0.5) is 5.82 Å². The molecule has 0 saturated carbocycles. The van der Waals surface area contributed by atoms with Crippen molar-refractivity contribution in [1.82, 2.24) is 20.0 Å². The van der Waals surface area contributed by atoms with Gasteiger partial charge in [0.1, 0.15) is 23.5 Å². The lowest BCUT2D eigenvalue weighted by Gasteiger charge is -2.39. The molecule has 2 saturated heterocycles. The maximum absolute atomic E-state index is 13.1. The number of hydrogen-bond acceptors (Lipinski definition) is 7. The van der Waals surface area contributed by atoms with Crippen LogP contribution < -0.4 is 4.90 Å². The van der Waals surface area contributed by atoms with Crippen LogP contribution in [-0.2, 0) is 0 Å². The Morgan fingerprint density at radius 3 is 2.76 bits per heavy atom. The third-order valence-electron chi connectivity index (χ3n) is 6.53. The molecule has 2 aliphatic rings. The summed E-state index contributed by atoms with van der Waals surface area (Å²) in [7, 11) is 0. The Hall–Kier alpha value is -2.48. The van der Waals surface area contributed by atoms with Gasteiger partial charge in [0.2, 0.25) is 0 Å². The van der Waals surface area contributed by atoms with Gasteiger partial charge in [-0.05, 0) is 57.4 Å². The van der Waals surface area contributed by atoms with E-state index in [1.807, 2.05) is 18.7 Å². The predicted octanol–water partition coefficient (Wildman–Crippen LogP) is 3.96. The van der Waals surface area contributed by atoms with Crippen LogP contribution in [0.25, 0.3) is 10.2 Å². The van der Waals surface area contributed by atoms with Crippen LogP contribution >= 0.6 is 11.3 Å². The molecular formula is C21H25N5O2S. The number of aromatic nitrogens is 3. The van der Waals surface area contributed by atoms with E-state index in [2.05, 4.69) is 31.5 Å². The van der Waals surface area contributed by atoms with Crippen LogP contribution in [0.2, 0.25) is 0 Å². The first-order chi connectivity index (χ1) is 14.1. The summed E-state index contributed by atoms with van der Waals surface area (Å²) >= 11 is 1.71. The summed E-state index contributed by atoms with van der Waals surface area (Å²) in [6.45, 7) is 6.19. The van der Waals surface area contributed by atoms with E-state index < -0.39 is 0 Å². The summed E-state index contributed by atoms with van der Waals surface area (Å²) in [6, 6.07) is 2.06. The lowest BCUT2D eigenvalue weighted by molar-refractivity contribution is 0.0757. The molecule has 0 aromatic carbocycles. The summed E-state index contributed by atoms with van der Waals surface area (Å²) in [5.41, 5.74) is 2.39. The Morgan fingerprint density at radius 2 is 1.97 bits per heavy atom. The maximum atomic E-state index is 13.1. The molecule has 1 unspecified atom stereocenters. The SMILES string of the molecule is Cc1noc(C)c1C(=O)N1CCCC2(CCCN2c2ncnc3ccsc23)CC1. The van der Waals surface area contributed by atoms with E-state index in [1.165, 1.54) is 4.70 Å². The van der Waals surface area contributed by atoms with Crippen molar-refractivity contribution in [2.75, 3.05) is 24.5 Å². The van der Waals surface area contributed by atoms with Crippen molar-refractivity contribution in [3.63, 3.8) is 0 Å². The average Bonchev–Trinajstić information content (AvgIpc) is 3.39. The molecule has 0 N–H and O–H groups in total. The molecule has 5 rings (SSSR count). The van der Waals surface area contributed by atoms with E-state index in [1.54, 1.807) is 17.7 Å². The topological polar surface area (TPSA) is 75.4 Å². The highest BCUT2D eigenvalue weighted by molar-refractivity contribution is 7.17. The standard InChI is InChI=1S/C21H25N5O2S/c1-14-17(15(2)28-24-14)20(27)25-9-3-6-21(8-11-25)7-4-10-26(21)19-18-16(5-12-29-18)22-13-23-19/h5,12-13H,3-4,6-11H2,1-2H3. The molecule has 3 aromatic rings. The lowest BCUT2D eigenvalue weighted by Crippen LogP contribution is -2.45. The molecule has 7 nitrogen and oxygen atoms in total. The first kappa shape index (κ1) is 18.5. The number of aryl methyl sites for hydroxylation is 2. The molecule has 1 amide bonds. The van der Waals surface area contributed by atoms with E-state index in [4.69, 9.17) is 4.52 Å². The Balaban J connectivity index is 1.42. The lowest BCUT2D eigenvalue weighted by atomic mass is 9.87. The number of amides is 1. The first-order valence-electron chi connectivity index (χ1n) is 10.3. The summed E-state index contributed by atoms with van der Waals surface area (Å²) in [5, 5.41) is 6.04. The predicted molar refractivity (Wildman–Crippen MR) is 112 cm³/mol. The number of fused-ring (bicyclic) bond motifs is 1. The Morgan fingerprint density at radius 1 is 1.14 bits per heavy atom. The van der Waals surface area contributed by atoms with Crippen molar-refractivity contribution >= 4 is 33.3 Å². The summed E-state index contributed by atoms with van der Waals surface area (Å²) in [4.78, 5) is 26.7. The third kappa shape index (κ3) is 3.01. The zero-order valence-electron chi connectivity index (χ0n) is 16.8. The third-order valence-corrected chi connectivity index (χ3v) is 7.43. The highest BCUT2D eigenvalue weighted by atomic mass is 32.1. The van der Waals surface area contributed by atoms with Gasteiger partial charge < -0.3 is 14.3 Å². The van der Waals surface area contributed by atoms with Gasteiger partial charge in [-0.3, -0.25) is 4.79 Å². The second-order valence-electron chi connectivity index (χ2n) is 8.16. The minimum absolute atomic E-state index is 0.0468. The molecule has 0 aliphatic carbocycles. The molecule has 0 radical (unpaired) electrons. The van der Waals surface area contributed by atoms with Gasteiger partial charge >= 0.3 is 0 Å². The smallest absolute Gasteiger partial charge is 0.259 e. The largest absolute Gasteiger partial charge is 0.361 e. The van der Waals surface area contributed by atoms with Crippen LogP contribution in [0.3, 0.4) is 0 Å². The van der Waals surface area contributed by atoms with E-state index in [9.17, 15) is 4.79 Å². The van der Waals surface area contributed by atoms with Crippen LogP contribution in [0, 0.1) is 13.8 Å². The Kier molecular flexibility index (Phi) is 4.53. The monoisotopic (exact) mass is 411 g/mol. The van der Waals surface area contributed by atoms with Gasteiger partial charge in [-0.2, -0.15) is 0 Å². The van der Waals surface area contributed by atoms with Crippen molar-refractivity contribution in [3.8, 4) is 0 Å². The highest BCUT2D eigenvalue weighted by Gasteiger charge is 2.43. The average molecular weight is 412 g/mol. The molecule has 8 heteroatoms. The van der Waals surface area contributed by atoms with Gasteiger partial charge in [0.15, 0.2) is 0 Å². The number of anilines is 1. The maximum Gasteiger partial charge on any atom is 0.259 e. The van der Waals surface area contributed by atoms with Crippen LogP contribution in [-0.4, -0.2) is 51.1 Å². The molecule has 0 bridgehead atoms. The Labute approximate surface area is 173 Å². The van der Waals surface area contributed by atoms with E-state index in [0.717, 1.165) is 63.1 Å². The molecule has 29 heavy (non-hydrogen) atoms. The van der Waals surface area contributed by atoms with Crippen molar-refractivity contribution in [2.45, 2.75) is 51.5 Å². The molecular weight excluding hydrogens is 386 g/mol. The van der Waals surface area contributed by atoms with Gasteiger partial charge in [-0.1, -0.05) is 5.16 Å².